The van der Waals surface area contributed by atoms with Crippen molar-refractivity contribution < 1.29 is 22.7 Å². The fourth-order valence-corrected chi connectivity index (χ4v) is 4.08. The minimum absolute atomic E-state index is 0.213. The summed E-state index contributed by atoms with van der Waals surface area (Å²) in [6.07, 6.45) is -3.76. The predicted molar refractivity (Wildman–Crippen MR) is 68.8 cm³/mol. The Bertz CT molecular complexity index is 535. The van der Waals surface area contributed by atoms with Crippen LogP contribution in [0.1, 0.15) is 16.8 Å². The number of rotatable bonds is 2. The van der Waals surface area contributed by atoms with Gasteiger partial charge in [-0.25, -0.2) is 0 Å². The first kappa shape index (κ1) is 13.6. The van der Waals surface area contributed by atoms with Gasteiger partial charge in [-0.05, 0) is 24.6 Å². The van der Waals surface area contributed by atoms with Crippen molar-refractivity contribution in [2.24, 2.45) is 0 Å². The second-order valence-electron chi connectivity index (χ2n) is 4.88. The molecule has 2 aliphatic rings. The average molecular weight is 303 g/mol. The monoisotopic (exact) mass is 303 g/mol. The van der Waals surface area contributed by atoms with Gasteiger partial charge in [-0.2, -0.15) is 11.8 Å². The van der Waals surface area contributed by atoms with Gasteiger partial charge in [0.05, 0.1) is 0 Å². The summed E-state index contributed by atoms with van der Waals surface area (Å²) >= 11 is 1.85. The van der Waals surface area contributed by atoms with Gasteiger partial charge < -0.3 is 9.64 Å². The first-order chi connectivity index (χ1) is 9.42. The van der Waals surface area contributed by atoms with E-state index >= 15 is 0 Å². The number of alkyl halides is 3. The van der Waals surface area contributed by atoms with E-state index < -0.39 is 6.36 Å². The molecule has 3 rings (SSSR count). The summed E-state index contributed by atoms with van der Waals surface area (Å²) in [5.74, 6) is 0.335. The lowest BCUT2D eigenvalue weighted by molar-refractivity contribution is -0.274. The summed E-state index contributed by atoms with van der Waals surface area (Å²) in [4.78, 5) is 14.1. The highest BCUT2D eigenvalue weighted by atomic mass is 32.2. The molecule has 1 aromatic carbocycles. The lowest BCUT2D eigenvalue weighted by Gasteiger charge is -2.26. The largest absolute Gasteiger partial charge is 0.573 e. The summed E-state index contributed by atoms with van der Waals surface area (Å²) in [6.45, 7) is 0.679. The Morgan fingerprint density at radius 2 is 2.20 bits per heavy atom. The van der Waals surface area contributed by atoms with E-state index in [0.717, 1.165) is 18.2 Å². The Morgan fingerprint density at radius 1 is 1.40 bits per heavy atom. The quantitative estimate of drug-likeness (QED) is 0.841. The van der Waals surface area contributed by atoms with Gasteiger partial charge in [0.15, 0.2) is 0 Å². The van der Waals surface area contributed by atoms with Crippen LogP contribution < -0.4 is 4.74 Å². The standard InChI is InChI=1S/C13H12F3NO2S/c14-13(15,16)19-10-3-1-2-8(4-10)12(18)17-6-11-5-9(17)7-20-11/h1-4,9,11H,5-7H2. The molecule has 2 unspecified atom stereocenters. The van der Waals surface area contributed by atoms with Crippen molar-refractivity contribution in [3.05, 3.63) is 29.8 Å². The number of halogens is 3. The molecule has 108 valence electrons. The third-order valence-electron chi connectivity index (χ3n) is 3.48. The highest BCUT2D eigenvalue weighted by Crippen LogP contribution is 2.38. The van der Waals surface area contributed by atoms with Crippen molar-refractivity contribution in [2.45, 2.75) is 24.1 Å². The zero-order chi connectivity index (χ0) is 14.3. The molecule has 0 radical (unpaired) electrons. The lowest BCUT2D eigenvalue weighted by atomic mass is 10.1. The maximum atomic E-state index is 12.3. The number of carbonyl (C=O) groups excluding carboxylic acids is 1. The summed E-state index contributed by atoms with van der Waals surface area (Å²) in [6, 6.07) is 5.47. The second-order valence-corrected chi connectivity index (χ2v) is 6.21. The molecule has 2 fully saturated rings. The predicted octanol–water partition coefficient (Wildman–Crippen LogP) is 2.92. The summed E-state index contributed by atoms with van der Waals surface area (Å²) in [5.41, 5.74) is 0.240. The minimum Gasteiger partial charge on any atom is -0.406 e. The smallest absolute Gasteiger partial charge is 0.406 e. The van der Waals surface area contributed by atoms with Gasteiger partial charge in [-0.15, -0.1) is 13.2 Å². The number of hydrogen-bond acceptors (Lipinski definition) is 3. The number of amides is 1. The number of ether oxygens (including phenoxy) is 1. The third kappa shape index (κ3) is 2.72. The molecule has 2 heterocycles. The van der Waals surface area contributed by atoms with Crippen molar-refractivity contribution >= 4 is 17.7 Å². The molecular weight excluding hydrogens is 291 g/mol. The molecule has 0 aliphatic carbocycles. The maximum absolute atomic E-state index is 12.3. The van der Waals surface area contributed by atoms with E-state index in [1.807, 2.05) is 11.8 Å². The lowest BCUT2D eigenvalue weighted by Crippen LogP contribution is -2.39. The van der Waals surface area contributed by atoms with Gasteiger partial charge in [-0.3, -0.25) is 4.79 Å². The Labute approximate surface area is 118 Å². The maximum Gasteiger partial charge on any atom is 0.573 e. The van der Waals surface area contributed by atoms with Crippen LogP contribution in [0.4, 0.5) is 13.2 Å². The van der Waals surface area contributed by atoms with Crippen molar-refractivity contribution in [1.29, 1.82) is 0 Å². The molecule has 2 aliphatic heterocycles. The number of fused-ring (bicyclic) bond motifs is 2. The average Bonchev–Trinajstić information content (AvgIpc) is 2.98. The molecule has 2 bridgehead atoms. The van der Waals surface area contributed by atoms with Gasteiger partial charge in [0, 0.05) is 29.2 Å². The number of hydrogen-bond donors (Lipinski definition) is 0. The molecule has 0 saturated carbocycles. The van der Waals surface area contributed by atoms with E-state index in [9.17, 15) is 18.0 Å². The first-order valence-corrected chi connectivity index (χ1v) is 7.25. The molecular formula is C13H12F3NO2S. The minimum atomic E-state index is -4.75. The molecule has 2 saturated heterocycles. The highest BCUT2D eigenvalue weighted by Gasteiger charge is 2.41. The molecule has 0 spiro atoms. The number of nitrogens with zero attached hydrogens (tertiary/aromatic N) is 1. The molecule has 0 N–H and O–H groups in total. The Balaban J connectivity index is 1.77. The van der Waals surface area contributed by atoms with Gasteiger partial charge in [-0.1, -0.05) is 6.07 Å². The molecule has 20 heavy (non-hydrogen) atoms. The van der Waals surface area contributed by atoms with E-state index in [0.29, 0.717) is 11.8 Å². The fraction of sp³-hybridized carbons (Fsp3) is 0.462. The van der Waals surface area contributed by atoms with Crippen molar-refractivity contribution in [1.82, 2.24) is 4.90 Å². The van der Waals surface area contributed by atoms with E-state index in [2.05, 4.69) is 4.74 Å². The van der Waals surface area contributed by atoms with Crippen LogP contribution in [0.2, 0.25) is 0 Å². The van der Waals surface area contributed by atoms with Crippen LogP contribution in [0.3, 0.4) is 0 Å². The van der Waals surface area contributed by atoms with Crippen LogP contribution >= 0.6 is 11.8 Å². The molecule has 3 nitrogen and oxygen atoms in total. The SMILES string of the molecule is O=C(c1cccc(OC(F)(F)F)c1)N1CC2CC1CS2. The van der Waals surface area contributed by atoms with Crippen molar-refractivity contribution in [3.8, 4) is 5.75 Å². The molecule has 0 aromatic heterocycles. The van der Waals surface area contributed by atoms with Crippen LogP contribution in [0.5, 0.6) is 5.75 Å². The normalized spacial score (nSPS) is 25.1. The second kappa shape index (κ2) is 4.87. The van der Waals surface area contributed by atoms with Crippen molar-refractivity contribution in [2.75, 3.05) is 12.3 Å². The number of benzene rings is 1. The molecule has 1 amide bonds. The molecule has 1 aromatic rings. The van der Waals surface area contributed by atoms with E-state index in [-0.39, 0.29) is 23.3 Å². The van der Waals surface area contributed by atoms with E-state index in [4.69, 9.17) is 0 Å². The van der Waals surface area contributed by atoms with Crippen LogP contribution in [0, 0.1) is 0 Å². The first-order valence-electron chi connectivity index (χ1n) is 6.21. The summed E-state index contributed by atoms with van der Waals surface area (Å²) < 4.78 is 40.4. The van der Waals surface area contributed by atoms with Gasteiger partial charge in [0.2, 0.25) is 0 Å². The van der Waals surface area contributed by atoms with Crippen molar-refractivity contribution in [3.63, 3.8) is 0 Å². The zero-order valence-corrected chi connectivity index (χ0v) is 11.2. The number of carbonyl (C=O) groups is 1. The van der Waals surface area contributed by atoms with Gasteiger partial charge in [0.1, 0.15) is 5.75 Å². The van der Waals surface area contributed by atoms with E-state index in [1.165, 1.54) is 18.2 Å². The highest BCUT2D eigenvalue weighted by molar-refractivity contribution is 8.00. The van der Waals surface area contributed by atoms with Crippen LogP contribution in [-0.4, -0.2) is 40.8 Å². The van der Waals surface area contributed by atoms with Crippen LogP contribution in [0.15, 0.2) is 24.3 Å². The van der Waals surface area contributed by atoms with Crippen LogP contribution in [-0.2, 0) is 0 Å². The van der Waals surface area contributed by atoms with Gasteiger partial charge >= 0.3 is 6.36 Å². The number of thioether (sulfide) groups is 1. The van der Waals surface area contributed by atoms with E-state index in [1.54, 1.807) is 4.90 Å². The number of likely N-dealkylation sites (tertiary alicyclic amines) is 1. The molecule has 7 heteroatoms. The Morgan fingerprint density at radius 3 is 2.80 bits per heavy atom. The summed E-state index contributed by atoms with van der Waals surface area (Å²) in [5, 5.41) is 0.471. The van der Waals surface area contributed by atoms with Gasteiger partial charge in [0.25, 0.3) is 5.91 Å². The topological polar surface area (TPSA) is 29.5 Å². The van der Waals surface area contributed by atoms with Crippen LogP contribution in [0.25, 0.3) is 0 Å². The Hall–Kier alpha value is -1.37. The molecule has 2 atom stereocenters. The third-order valence-corrected chi connectivity index (χ3v) is 4.87. The summed E-state index contributed by atoms with van der Waals surface area (Å²) in [7, 11) is 0. The Kier molecular flexibility index (Phi) is 3.32. The zero-order valence-electron chi connectivity index (χ0n) is 10.4. The fourth-order valence-electron chi connectivity index (χ4n) is 2.64.